The van der Waals surface area contributed by atoms with Crippen molar-refractivity contribution >= 4 is 10.0 Å². The van der Waals surface area contributed by atoms with Gasteiger partial charge >= 0.3 is 6.18 Å². The van der Waals surface area contributed by atoms with Crippen LogP contribution in [0.15, 0.2) is 59.5 Å². The number of halogens is 3. The Labute approximate surface area is 133 Å². The van der Waals surface area contributed by atoms with E-state index in [1.54, 1.807) is 13.0 Å². The van der Waals surface area contributed by atoms with E-state index in [-0.39, 0.29) is 10.5 Å². The van der Waals surface area contributed by atoms with E-state index in [2.05, 4.69) is 0 Å². The van der Waals surface area contributed by atoms with Gasteiger partial charge in [-0.15, -0.1) is 0 Å². The fraction of sp³-hybridized carbons (Fsp3) is 0.250. The zero-order valence-electron chi connectivity index (χ0n) is 12.6. The van der Waals surface area contributed by atoms with Crippen molar-refractivity contribution in [3.8, 4) is 0 Å². The van der Waals surface area contributed by atoms with Crippen LogP contribution in [-0.4, -0.2) is 14.6 Å². The van der Waals surface area contributed by atoms with Gasteiger partial charge in [-0.2, -0.15) is 17.9 Å². The van der Waals surface area contributed by atoms with Crippen molar-refractivity contribution in [1.82, 2.24) is 4.72 Å². The third-order valence-corrected chi connectivity index (χ3v) is 5.16. The molecule has 0 aliphatic heterocycles. The second kappa shape index (κ2) is 5.98. The Bertz CT molecular complexity index is 771. The van der Waals surface area contributed by atoms with Crippen molar-refractivity contribution in [1.29, 1.82) is 0 Å². The number of aryl methyl sites for hydroxylation is 1. The Hall–Kier alpha value is -1.86. The number of sulfonamides is 1. The Morgan fingerprint density at radius 1 is 0.913 bits per heavy atom. The summed E-state index contributed by atoms with van der Waals surface area (Å²) >= 11 is 0. The van der Waals surface area contributed by atoms with Crippen molar-refractivity contribution in [2.45, 2.75) is 30.5 Å². The maximum absolute atomic E-state index is 13.6. The van der Waals surface area contributed by atoms with Gasteiger partial charge < -0.3 is 0 Å². The van der Waals surface area contributed by atoms with E-state index in [9.17, 15) is 21.6 Å². The van der Waals surface area contributed by atoms with Crippen LogP contribution in [0.4, 0.5) is 13.2 Å². The Morgan fingerprint density at radius 3 is 1.91 bits per heavy atom. The van der Waals surface area contributed by atoms with Crippen molar-refractivity contribution in [3.63, 3.8) is 0 Å². The summed E-state index contributed by atoms with van der Waals surface area (Å²) in [7, 11) is -4.34. The highest BCUT2D eigenvalue weighted by atomic mass is 32.2. The Kier molecular flexibility index (Phi) is 4.54. The summed E-state index contributed by atoms with van der Waals surface area (Å²) in [6.45, 7) is 2.57. The van der Waals surface area contributed by atoms with Crippen LogP contribution in [-0.2, 0) is 15.6 Å². The van der Waals surface area contributed by atoms with Crippen molar-refractivity contribution in [3.05, 3.63) is 65.7 Å². The maximum Gasteiger partial charge on any atom is 0.411 e. The van der Waals surface area contributed by atoms with E-state index in [1.165, 1.54) is 48.5 Å². The number of alkyl halides is 3. The SMILES string of the molecule is Cc1ccc(S(=O)(=O)N[C@@](C)(c2ccccc2)C(F)(F)F)cc1. The number of hydrogen-bond donors (Lipinski definition) is 1. The van der Waals surface area contributed by atoms with Crippen LogP contribution in [0.5, 0.6) is 0 Å². The second-order valence-electron chi connectivity index (χ2n) is 5.41. The lowest BCUT2D eigenvalue weighted by atomic mass is 9.93. The summed E-state index contributed by atoms with van der Waals surface area (Å²) in [5, 5.41) is 0. The molecule has 0 unspecified atom stereocenters. The average Bonchev–Trinajstić information content (AvgIpc) is 2.47. The molecule has 2 aromatic carbocycles. The molecule has 2 rings (SSSR count). The third kappa shape index (κ3) is 3.56. The fourth-order valence-corrected chi connectivity index (χ4v) is 3.48. The molecule has 0 heterocycles. The highest BCUT2D eigenvalue weighted by Crippen LogP contribution is 2.39. The first-order valence-corrected chi connectivity index (χ1v) is 8.27. The van der Waals surface area contributed by atoms with Gasteiger partial charge in [-0.3, -0.25) is 0 Å². The fourth-order valence-electron chi connectivity index (χ4n) is 2.10. The molecule has 0 aliphatic rings. The van der Waals surface area contributed by atoms with Crippen molar-refractivity contribution in [2.24, 2.45) is 0 Å². The Morgan fingerprint density at radius 2 is 1.43 bits per heavy atom. The predicted octanol–water partition coefficient (Wildman–Crippen LogP) is 3.75. The molecular formula is C16H16F3NO2S. The molecule has 0 spiro atoms. The van der Waals surface area contributed by atoms with E-state index in [1.807, 2.05) is 4.72 Å². The van der Waals surface area contributed by atoms with Crippen LogP contribution in [0.3, 0.4) is 0 Å². The standard InChI is InChI=1S/C16H16F3NO2S/c1-12-8-10-14(11-9-12)23(21,22)20-15(2,16(17,18)19)13-6-4-3-5-7-13/h3-11,20H,1-2H3/t15-/m0/s1. The van der Waals surface area contributed by atoms with Gasteiger partial charge in [-0.1, -0.05) is 48.0 Å². The van der Waals surface area contributed by atoms with E-state index >= 15 is 0 Å². The summed E-state index contributed by atoms with van der Waals surface area (Å²) in [4.78, 5) is -0.213. The molecule has 0 saturated heterocycles. The van der Waals surface area contributed by atoms with Crippen LogP contribution in [0.1, 0.15) is 18.1 Å². The Balaban J connectivity index is 2.49. The third-order valence-electron chi connectivity index (χ3n) is 3.59. The van der Waals surface area contributed by atoms with Gasteiger partial charge in [0.05, 0.1) is 4.90 Å². The minimum absolute atomic E-state index is 0.178. The molecule has 2 aromatic rings. The molecule has 3 nitrogen and oxygen atoms in total. The van der Waals surface area contributed by atoms with Gasteiger partial charge in [-0.05, 0) is 31.5 Å². The summed E-state index contributed by atoms with van der Waals surface area (Å²) < 4.78 is 67.3. The largest absolute Gasteiger partial charge is 0.411 e. The number of nitrogens with one attached hydrogen (secondary N) is 1. The van der Waals surface area contributed by atoms with E-state index < -0.39 is 21.7 Å². The van der Waals surface area contributed by atoms with Crippen LogP contribution < -0.4 is 4.72 Å². The van der Waals surface area contributed by atoms with Gasteiger partial charge in [0.1, 0.15) is 0 Å². The van der Waals surface area contributed by atoms with Gasteiger partial charge in [0.2, 0.25) is 10.0 Å². The monoisotopic (exact) mass is 343 g/mol. The second-order valence-corrected chi connectivity index (χ2v) is 7.09. The van der Waals surface area contributed by atoms with Gasteiger partial charge in [-0.25, -0.2) is 8.42 Å². The van der Waals surface area contributed by atoms with Crippen LogP contribution in [0, 0.1) is 6.92 Å². The molecule has 0 radical (unpaired) electrons. The van der Waals surface area contributed by atoms with E-state index in [0.29, 0.717) is 0 Å². The molecule has 7 heteroatoms. The minimum atomic E-state index is -4.80. The number of rotatable bonds is 4. The van der Waals surface area contributed by atoms with Gasteiger partial charge in [0.25, 0.3) is 0 Å². The molecular weight excluding hydrogens is 327 g/mol. The number of hydrogen-bond acceptors (Lipinski definition) is 2. The van der Waals surface area contributed by atoms with Crippen LogP contribution >= 0.6 is 0 Å². The first-order chi connectivity index (χ1) is 10.6. The molecule has 0 aromatic heterocycles. The predicted molar refractivity (Wildman–Crippen MR) is 81.3 cm³/mol. The molecule has 0 aliphatic carbocycles. The van der Waals surface area contributed by atoms with Gasteiger partial charge in [0.15, 0.2) is 5.54 Å². The molecule has 1 N–H and O–H groups in total. The topological polar surface area (TPSA) is 46.2 Å². The van der Waals surface area contributed by atoms with Crippen LogP contribution in [0.25, 0.3) is 0 Å². The van der Waals surface area contributed by atoms with Crippen LogP contribution in [0.2, 0.25) is 0 Å². The van der Waals surface area contributed by atoms with E-state index in [0.717, 1.165) is 12.5 Å². The molecule has 0 amide bonds. The molecule has 1 atom stereocenters. The zero-order valence-corrected chi connectivity index (χ0v) is 13.4. The zero-order chi connectivity index (χ0) is 17.3. The maximum atomic E-state index is 13.6. The molecule has 0 saturated carbocycles. The van der Waals surface area contributed by atoms with Crippen molar-refractivity contribution < 1.29 is 21.6 Å². The quantitative estimate of drug-likeness (QED) is 0.919. The molecule has 0 fully saturated rings. The van der Waals surface area contributed by atoms with Gasteiger partial charge in [0, 0.05) is 0 Å². The smallest absolute Gasteiger partial charge is 0.207 e. The normalized spacial score (nSPS) is 15.2. The number of benzene rings is 2. The first kappa shape index (κ1) is 17.5. The summed E-state index contributed by atoms with van der Waals surface area (Å²) in [5.41, 5.74) is -2.09. The lowest BCUT2D eigenvalue weighted by molar-refractivity contribution is -0.189. The highest BCUT2D eigenvalue weighted by Gasteiger charge is 2.54. The molecule has 0 bridgehead atoms. The minimum Gasteiger partial charge on any atom is -0.207 e. The lowest BCUT2D eigenvalue weighted by Crippen LogP contribution is -2.53. The van der Waals surface area contributed by atoms with E-state index in [4.69, 9.17) is 0 Å². The summed E-state index contributed by atoms with van der Waals surface area (Å²) in [6.07, 6.45) is -4.80. The van der Waals surface area contributed by atoms with Crippen molar-refractivity contribution in [2.75, 3.05) is 0 Å². The summed E-state index contributed by atoms with van der Waals surface area (Å²) in [5.74, 6) is 0. The highest BCUT2D eigenvalue weighted by molar-refractivity contribution is 7.89. The average molecular weight is 343 g/mol. The molecule has 124 valence electrons. The lowest BCUT2D eigenvalue weighted by Gasteiger charge is -2.33. The first-order valence-electron chi connectivity index (χ1n) is 6.79. The summed E-state index contributed by atoms with van der Waals surface area (Å²) in [6, 6.07) is 12.5. The molecule has 23 heavy (non-hydrogen) atoms.